The van der Waals surface area contributed by atoms with Crippen molar-refractivity contribution in [2.24, 2.45) is 28.6 Å². The number of aldehydes is 1. The van der Waals surface area contributed by atoms with Crippen molar-refractivity contribution in [3.63, 3.8) is 0 Å². The van der Waals surface area contributed by atoms with E-state index in [9.17, 15) is 24.6 Å². The zero-order valence-corrected chi connectivity index (χ0v) is 14.3. The van der Waals surface area contributed by atoms with Crippen molar-refractivity contribution in [3.05, 3.63) is 0 Å². The van der Waals surface area contributed by atoms with Crippen LogP contribution in [0, 0.1) is 28.6 Å². The fraction of sp³-hybridized carbons (Fsp3) is 0.824. The van der Waals surface area contributed by atoms with E-state index in [2.05, 4.69) is 0 Å². The third-order valence-electron chi connectivity index (χ3n) is 6.04. The highest BCUT2D eigenvalue weighted by Crippen LogP contribution is 2.66. The fourth-order valence-corrected chi connectivity index (χ4v) is 5.36. The second-order valence-electron chi connectivity index (χ2n) is 8.13. The zero-order chi connectivity index (χ0) is 17.8. The summed E-state index contributed by atoms with van der Waals surface area (Å²) >= 11 is 0. The van der Waals surface area contributed by atoms with Crippen LogP contribution in [0.1, 0.15) is 47.5 Å². The minimum absolute atomic E-state index is 0.214. The second-order valence-corrected chi connectivity index (χ2v) is 8.13. The molecule has 0 radical (unpaired) electrons. The van der Waals surface area contributed by atoms with Crippen LogP contribution in [0.25, 0.3) is 0 Å². The first kappa shape index (κ1) is 17.9. The predicted octanol–water partition coefficient (Wildman–Crippen LogP) is 1.64. The lowest BCUT2D eigenvalue weighted by Gasteiger charge is -2.53. The van der Waals surface area contributed by atoms with Crippen LogP contribution in [-0.4, -0.2) is 40.1 Å². The lowest BCUT2D eigenvalue weighted by molar-refractivity contribution is -0.213. The molecule has 0 heterocycles. The SMILES string of the molecule is CC(=O)OC1CC(C)C(C=O)C2(O)C1C(C)(C)CC2(C)C(=O)O. The molecule has 2 fully saturated rings. The molecule has 0 aromatic heterocycles. The van der Waals surface area contributed by atoms with Crippen LogP contribution < -0.4 is 0 Å². The van der Waals surface area contributed by atoms with Crippen LogP contribution in [0.4, 0.5) is 0 Å². The average Bonchev–Trinajstić information content (AvgIpc) is 2.53. The molecule has 0 bridgehead atoms. The van der Waals surface area contributed by atoms with Gasteiger partial charge in [0, 0.05) is 18.8 Å². The zero-order valence-electron chi connectivity index (χ0n) is 14.3. The Morgan fingerprint density at radius 2 is 1.83 bits per heavy atom. The molecule has 0 saturated heterocycles. The first-order valence-corrected chi connectivity index (χ1v) is 8.00. The van der Waals surface area contributed by atoms with E-state index in [4.69, 9.17) is 4.74 Å². The van der Waals surface area contributed by atoms with E-state index >= 15 is 0 Å². The topological polar surface area (TPSA) is 101 Å². The molecule has 0 aromatic rings. The Kier molecular flexibility index (Phi) is 4.13. The Hall–Kier alpha value is -1.43. The molecule has 6 heteroatoms. The lowest BCUT2D eigenvalue weighted by Crippen LogP contribution is -2.64. The van der Waals surface area contributed by atoms with Crippen molar-refractivity contribution < 1.29 is 29.3 Å². The van der Waals surface area contributed by atoms with Crippen LogP contribution in [0.15, 0.2) is 0 Å². The molecule has 2 saturated carbocycles. The summed E-state index contributed by atoms with van der Waals surface area (Å²) < 4.78 is 5.43. The standard InChI is InChI=1S/C17H26O6/c1-9-6-12(23-10(2)19)13-15(3,4)8-16(5,14(20)21)17(13,22)11(9)7-18/h7,9,11-13,22H,6,8H2,1-5H3,(H,20,21). The first-order valence-electron chi connectivity index (χ1n) is 8.00. The predicted molar refractivity (Wildman–Crippen MR) is 81.5 cm³/mol. The maximum atomic E-state index is 12.0. The van der Waals surface area contributed by atoms with Gasteiger partial charge in [-0.25, -0.2) is 0 Å². The van der Waals surface area contributed by atoms with Gasteiger partial charge < -0.3 is 19.7 Å². The molecule has 130 valence electrons. The number of rotatable bonds is 3. The number of carbonyl (C=O) groups is 3. The molecule has 0 amide bonds. The van der Waals surface area contributed by atoms with Crippen molar-refractivity contribution in [3.8, 4) is 0 Å². The molecule has 6 atom stereocenters. The largest absolute Gasteiger partial charge is 0.481 e. The highest BCUT2D eigenvalue weighted by molar-refractivity contribution is 5.79. The van der Waals surface area contributed by atoms with Crippen molar-refractivity contribution >= 4 is 18.2 Å². The minimum Gasteiger partial charge on any atom is -0.481 e. The number of carboxylic acids is 1. The van der Waals surface area contributed by atoms with Crippen LogP contribution in [0.3, 0.4) is 0 Å². The Morgan fingerprint density at radius 1 is 1.26 bits per heavy atom. The van der Waals surface area contributed by atoms with Crippen LogP contribution >= 0.6 is 0 Å². The quantitative estimate of drug-likeness (QED) is 0.604. The number of hydrogen-bond acceptors (Lipinski definition) is 5. The van der Waals surface area contributed by atoms with Gasteiger partial charge in [0.05, 0.1) is 11.0 Å². The summed E-state index contributed by atoms with van der Waals surface area (Å²) in [6.07, 6.45) is 0.727. The minimum atomic E-state index is -1.75. The van der Waals surface area contributed by atoms with E-state index < -0.39 is 46.3 Å². The van der Waals surface area contributed by atoms with Crippen molar-refractivity contribution in [1.29, 1.82) is 0 Å². The van der Waals surface area contributed by atoms with Crippen LogP contribution in [-0.2, 0) is 19.1 Å². The summed E-state index contributed by atoms with van der Waals surface area (Å²) in [5, 5.41) is 21.3. The lowest BCUT2D eigenvalue weighted by atomic mass is 9.56. The molecule has 23 heavy (non-hydrogen) atoms. The molecule has 0 spiro atoms. The summed E-state index contributed by atoms with van der Waals surface area (Å²) in [5.74, 6) is -3.27. The molecule has 0 aliphatic heterocycles. The molecule has 2 aliphatic rings. The summed E-state index contributed by atoms with van der Waals surface area (Å²) in [4.78, 5) is 35.2. The van der Waals surface area contributed by atoms with Gasteiger partial charge in [-0.2, -0.15) is 0 Å². The van der Waals surface area contributed by atoms with Gasteiger partial charge in [-0.1, -0.05) is 20.8 Å². The summed E-state index contributed by atoms with van der Waals surface area (Å²) in [6, 6.07) is 0. The second kappa shape index (κ2) is 5.30. The number of fused-ring (bicyclic) bond motifs is 1. The van der Waals surface area contributed by atoms with E-state index in [1.165, 1.54) is 13.8 Å². The van der Waals surface area contributed by atoms with Crippen LogP contribution in [0.5, 0.6) is 0 Å². The van der Waals surface area contributed by atoms with Gasteiger partial charge in [-0.05, 0) is 31.1 Å². The number of carboxylic acid groups (broad SMARTS) is 1. The summed E-state index contributed by atoms with van der Waals surface area (Å²) in [7, 11) is 0. The number of aliphatic hydroxyl groups is 1. The van der Waals surface area contributed by atoms with E-state index in [1.54, 1.807) is 6.92 Å². The van der Waals surface area contributed by atoms with Crippen molar-refractivity contribution in [1.82, 2.24) is 0 Å². The van der Waals surface area contributed by atoms with E-state index in [-0.39, 0.29) is 12.3 Å². The van der Waals surface area contributed by atoms with Gasteiger partial charge in [-0.15, -0.1) is 0 Å². The third kappa shape index (κ3) is 2.30. The molecule has 2 aliphatic carbocycles. The molecule has 6 unspecified atom stereocenters. The van der Waals surface area contributed by atoms with E-state index in [1.807, 2.05) is 13.8 Å². The monoisotopic (exact) mass is 326 g/mol. The molecular weight excluding hydrogens is 300 g/mol. The summed E-state index contributed by atoms with van der Waals surface area (Å²) in [5.41, 5.74) is -3.80. The van der Waals surface area contributed by atoms with Crippen molar-refractivity contribution in [2.45, 2.75) is 59.2 Å². The van der Waals surface area contributed by atoms with Gasteiger partial charge in [0.25, 0.3) is 0 Å². The summed E-state index contributed by atoms with van der Waals surface area (Å²) in [6.45, 7) is 8.32. The Labute approximate surface area is 136 Å². The van der Waals surface area contributed by atoms with Gasteiger partial charge >= 0.3 is 11.9 Å². The van der Waals surface area contributed by atoms with E-state index in [0.717, 1.165) is 0 Å². The molecule has 6 nitrogen and oxygen atoms in total. The number of ether oxygens (including phenoxy) is 1. The normalized spacial score (nSPS) is 45.1. The van der Waals surface area contributed by atoms with E-state index in [0.29, 0.717) is 12.7 Å². The highest BCUT2D eigenvalue weighted by atomic mass is 16.5. The van der Waals surface area contributed by atoms with Gasteiger partial charge in [0.15, 0.2) is 0 Å². The van der Waals surface area contributed by atoms with Crippen LogP contribution in [0.2, 0.25) is 0 Å². The Morgan fingerprint density at radius 3 is 2.26 bits per heavy atom. The van der Waals surface area contributed by atoms with Gasteiger partial charge in [-0.3, -0.25) is 9.59 Å². The molecular formula is C17H26O6. The number of esters is 1. The van der Waals surface area contributed by atoms with Gasteiger partial charge in [0.2, 0.25) is 0 Å². The fourth-order valence-electron chi connectivity index (χ4n) is 5.36. The average molecular weight is 326 g/mol. The number of aliphatic carboxylic acids is 1. The molecule has 2 rings (SSSR count). The highest BCUT2D eigenvalue weighted by Gasteiger charge is 2.74. The number of carbonyl (C=O) groups excluding carboxylic acids is 2. The maximum absolute atomic E-state index is 12.0. The smallest absolute Gasteiger partial charge is 0.312 e. The third-order valence-corrected chi connectivity index (χ3v) is 6.04. The maximum Gasteiger partial charge on any atom is 0.312 e. The Balaban J connectivity index is 2.66. The molecule has 0 aromatic carbocycles. The molecule has 2 N–H and O–H groups in total. The number of hydrogen-bond donors (Lipinski definition) is 2. The van der Waals surface area contributed by atoms with Crippen molar-refractivity contribution in [2.75, 3.05) is 0 Å². The first-order chi connectivity index (χ1) is 10.4. The Bertz CT molecular complexity index is 541. The van der Waals surface area contributed by atoms with Gasteiger partial charge in [0.1, 0.15) is 12.4 Å².